The summed E-state index contributed by atoms with van der Waals surface area (Å²) in [5.41, 5.74) is -0.896. The van der Waals surface area contributed by atoms with Crippen LogP contribution < -0.4 is 5.32 Å². The molecule has 0 bridgehead atoms. The lowest BCUT2D eigenvalue weighted by Gasteiger charge is -2.59. The molecular formula is C40H45Cl2N3O10S. The number of hydrogen-bond acceptors (Lipinski definition) is 11. The first kappa shape index (κ1) is 40.7. The fraction of sp³-hybridized carbons (Fsp3) is 0.550. The summed E-state index contributed by atoms with van der Waals surface area (Å²) in [7, 11) is 0. The Morgan fingerprint density at radius 3 is 2.43 bits per heavy atom. The van der Waals surface area contributed by atoms with Crippen molar-refractivity contribution in [3.8, 4) is 11.3 Å². The lowest BCUT2D eigenvalue weighted by molar-refractivity contribution is -0.178. The molecule has 2 aromatic rings. The molecule has 13 nitrogen and oxygen atoms in total. The molecule has 1 aromatic heterocycles. The number of carbonyl (C=O) groups is 5. The van der Waals surface area contributed by atoms with E-state index >= 15 is 0 Å². The number of aliphatic carboxylic acids is 1. The Bertz CT molecular complexity index is 2080. The molecule has 3 heterocycles. The number of aliphatic hydroxyl groups is 3. The summed E-state index contributed by atoms with van der Waals surface area (Å²) in [6.45, 7) is 8.44. The Balaban J connectivity index is 0.000000173. The van der Waals surface area contributed by atoms with Crippen LogP contribution >= 0.6 is 35.0 Å². The number of nitrogens with zero attached hydrogens (tertiary/aromatic N) is 2. The zero-order valence-corrected chi connectivity index (χ0v) is 33.9. The molecule has 2 aliphatic heterocycles. The van der Waals surface area contributed by atoms with Gasteiger partial charge in [0.15, 0.2) is 11.6 Å². The number of carboxylic acids is 1. The van der Waals surface area contributed by atoms with Crippen LogP contribution in [0.15, 0.2) is 46.5 Å². The number of β-lactam (4-membered cyclic amide) rings is 1. The Morgan fingerprint density at radius 1 is 1.11 bits per heavy atom. The van der Waals surface area contributed by atoms with Gasteiger partial charge < -0.3 is 35.2 Å². The van der Waals surface area contributed by atoms with Crippen LogP contribution in [0.2, 0.25) is 10.0 Å². The highest BCUT2D eigenvalue weighted by molar-refractivity contribution is 8.01. The largest absolute Gasteiger partial charge is 0.480 e. The van der Waals surface area contributed by atoms with Crippen LogP contribution in [0.25, 0.3) is 11.3 Å². The highest BCUT2D eigenvalue weighted by Gasteiger charge is 2.68. The van der Waals surface area contributed by atoms with Crippen LogP contribution in [-0.2, 0) is 19.2 Å². The summed E-state index contributed by atoms with van der Waals surface area (Å²) in [6, 6.07) is 3.09. The number of hydrogen-bond donors (Lipinski definition) is 5. The number of thioether (sulfide) groups is 1. The van der Waals surface area contributed by atoms with E-state index in [0.717, 1.165) is 24.8 Å². The van der Waals surface area contributed by atoms with Crippen LogP contribution in [0.4, 0.5) is 0 Å². The fourth-order valence-corrected chi connectivity index (χ4v) is 13.0. The number of aryl methyl sites for hydroxylation is 1. The number of amides is 2. The van der Waals surface area contributed by atoms with Crippen molar-refractivity contribution in [2.75, 3.05) is 6.61 Å². The van der Waals surface area contributed by atoms with E-state index in [1.165, 1.54) is 16.7 Å². The van der Waals surface area contributed by atoms with E-state index in [2.05, 4.69) is 17.4 Å². The van der Waals surface area contributed by atoms with Gasteiger partial charge >= 0.3 is 5.97 Å². The third kappa shape index (κ3) is 6.00. The molecule has 16 heteroatoms. The molecule has 3 saturated carbocycles. The fourth-order valence-electron chi connectivity index (χ4n) is 10.8. The summed E-state index contributed by atoms with van der Waals surface area (Å²) >= 11 is 13.8. The molecule has 8 rings (SSSR count). The van der Waals surface area contributed by atoms with Gasteiger partial charge in [-0.15, -0.1) is 11.8 Å². The zero-order valence-electron chi connectivity index (χ0n) is 31.5. The predicted octanol–water partition coefficient (Wildman–Crippen LogP) is 4.76. The molecule has 5 fully saturated rings. The lowest BCUT2D eigenvalue weighted by Crippen LogP contribution is -2.70. The quantitative estimate of drug-likeness (QED) is 0.250. The SMILES string of the molecule is C[C@]12C=CC(=O)C=C1CC[C@@H]1[C@@H]2[C@@H](O)C[C@@]2(C)[C@H]1CC[C@]2(O)C(=O)CO.Cc1onc(-c2c(Cl)cccc2Cl)c1C(=O)N[C@@H]1C(=O)N2[C@@H]1SC(C)(C)[C@@H]2C(=O)O. The predicted molar refractivity (Wildman–Crippen MR) is 207 cm³/mol. The number of benzene rings is 1. The van der Waals surface area contributed by atoms with Gasteiger partial charge in [-0.2, -0.15) is 0 Å². The van der Waals surface area contributed by atoms with Crippen molar-refractivity contribution in [1.29, 1.82) is 0 Å². The first-order valence-corrected chi connectivity index (χ1v) is 20.3. The number of aliphatic hydroxyl groups excluding tert-OH is 2. The van der Waals surface area contributed by atoms with E-state index < -0.39 is 69.5 Å². The third-order valence-corrected chi connectivity index (χ3v) is 15.7. The second-order valence-electron chi connectivity index (χ2n) is 16.8. The first-order chi connectivity index (χ1) is 26.2. The van der Waals surface area contributed by atoms with Crippen LogP contribution in [0.5, 0.6) is 0 Å². The Hall–Kier alpha value is -3.53. The van der Waals surface area contributed by atoms with E-state index in [4.69, 9.17) is 27.7 Å². The van der Waals surface area contributed by atoms with Crippen molar-refractivity contribution in [2.45, 2.75) is 101 Å². The standard InChI is InChI=1S/C21H28O5.C19H17Cl2N3O5S/c1-19-7-5-13(23)9-12(19)3-4-14-15-6-8-21(26,17(25)11-22)20(15,2)10-16(24)18(14)19;1-7-10(12(23-29-7)11-8(20)5-4-6-9(11)21)15(25)22-13-16(26)24-14(18(27)28)19(2,3)30-17(13)24/h5,7,9,14-16,18,22,24,26H,3-4,6,8,10-11H2,1-2H3;4-6,13-14,17H,1-3H3,(H,22,25)(H,27,28)/t14-,15-,16-,18+,19-,20-,21-;13-,14+,17-/m01/s1. The molecule has 2 amide bonds. The normalized spacial score (nSPS) is 36.2. The van der Waals surface area contributed by atoms with E-state index in [1.54, 1.807) is 51.1 Å². The molecule has 5 N–H and O–H groups in total. The number of aromatic nitrogens is 1. The molecule has 0 spiro atoms. The van der Waals surface area contributed by atoms with Gasteiger partial charge in [-0.05, 0) is 89.0 Å². The second-order valence-corrected chi connectivity index (χ2v) is 19.4. The third-order valence-electron chi connectivity index (χ3n) is 13.5. The molecule has 56 heavy (non-hydrogen) atoms. The molecule has 300 valence electrons. The zero-order chi connectivity index (χ0) is 40.9. The average molecular weight is 831 g/mol. The molecule has 6 aliphatic rings. The minimum atomic E-state index is -1.56. The number of halogens is 2. The van der Waals surface area contributed by atoms with Gasteiger partial charge in [-0.1, -0.05) is 59.9 Å². The van der Waals surface area contributed by atoms with Gasteiger partial charge in [-0.3, -0.25) is 19.2 Å². The van der Waals surface area contributed by atoms with Crippen LogP contribution in [0.1, 0.15) is 75.9 Å². The highest BCUT2D eigenvalue weighted by Crippen LogP contribution is 2.67. The Kier molecular flexibility index (Phi) is 10.2. The van der Waals surface area contributed by atoms with E-state index in [-0.39, 0.29) is 46.0 Å². The van der Waals surface area contributed by atoms with E-state index in [0.29, 0.717) is 28.5 Å². The average Bonchev–Trinajstić information content (AvgIpc) is 3.73. The summed E-state index contributed by atoms with van der Waals surface area (Å²) in [4.78, 5) is 62.8. The number of nitrogens with one attached hydrogen (secondary N) is 1. The molecule has 1 aromatic carbocycles. The Labute approximate surface area is 337 Å². The van der Waals surface area contributed by atoms with Gasteiger partial charge in [0.1, 0.15) is 46.7 Å². The van der Waals surface area contributed by atoms with Crippen molar-refractivity contribution in [3.63, 3.8) is 0 Å². The number of carbonyl (C=O) groups excluding carboxylic acids is 4. The molecule has 0 unspecified atom stereocenters. The lowest BCUT2D eigenvalue weighted by atomic mass is 9.46. The molecule has 10 atom stereocenters. The van der Waals surface area contributed by atoms with Gasteiger partial charge in [0, 0.05) is 27.1 Å². The topological polar surface area (TPSA) is 208 Å². The van der Waals surface area contributed by atoms with Gasteiger partial charge in [0.2, 0.25) is 5.91 Å². The number of allylic oxidation sites excluding steroid dienone is 4. The van der Waals surface area contributed by atoms with Crippen molar-refractivity contribution in [1.82, 2.24) is 15.4 Å². The number of carboxylic acid groups (broad SMARTS) is 1. The van der Waals surface area contributed by atoms with Crippen LogP contribution in [0.3, 0.4) is 0 Å². The van der Waals surface area contributed by atoms with Gasteiger partial charge in [0.25, 0.3) is 5.91 Å². The van der Waals surface area contributed by atoms with E-state index in [9.17, 15) is 44.4 Å². The van der Waals surface area contributed by atoms with Crippen molar-refractivity contribution in [3.05, 3.63) is 63.4 Å². The molecular weight excluding hydrogens is 785 g/mol. The van der Waals surface area contributed by atoms with Crippen LogP contribution in [-0.4, -0.2) is 100 Å². The number of fused-ring (bicyclic) bond motifs is 6. The minimum absolute atomic E-state index is 0.00912. The Morgan fingerprint density at radius 2 is 1.79 bits per heavy atom. The maximum Gasteiger partial charge on any atom is 0.327 e. The van der Waals surface area contributed by atoms with Crippen molar-refractivity contribution >= 4 is 64.3 Å². The molecule has 2 saturated heterocycles. The van der Waals surface area contributed by atoms with Gasteiger partial charge in [0.05, 0.1) is 16.1 Å². The minimum Gasteiger partial charge on any atom is -0.480 e. The summed E-state index contributed by atoms with van der Waals surface area (Å²) in [6.07, 6.45) is 7.68. The maximum absolute atomic E-state index is 13.1. The van der Waals surface area contributed by atoms with Crippen molar-refractivity contribution < 1.29 is 48.9 Å². The maximum atomic E-state index is 13.1. The molecule has 0 radical (unpaired) electrons. The summed E-state index contributed by atoms with van der Waals surface area (Å²) in [5.74, 6) is -2.07. The first-order valence-electron chi connectivity index (χ1n) is 18.6. The van der Waals surface area contributed by atoms with E-state index in [1.807, 2.05) is 13.0 Å². The monoisotopic (exact) mass is 829 g/mol. The number of Topliss-reactive ketones (excluding diaryl/α,β-unsaturated/α-hetero) is 1. The molecule has 4 aliphatic carbocycles. The van der Waals surface area contributed by atoms with Crippen LogP contribution in [0, 0.1) is 35.5 Å². The summed E-state index contributed by atoms with van der Waals surface area (Å²) in [5, 5.41) is 48.0. The second kappa shape index (κ2) is 14.1. The smallest absolute Gasteiger partial charge is 0.327 e. The summed E-state index contributed by atoms with van der Waals surface area (Å²) < 4.78 is 4.52. The number of ketones is 2. The highest BCUT2D eigenvalue weighted by atomic mass is 35.5. The number of rotatable bonds is 6. The van der Waals surface area contributed by atoms with Crippen molar-refractivity contribution in [2.24, 2.45) is 28.6 Å². The van der Waals surface area contributed by atoms with Gasteiger partial charge in [-0.25, -0.2) is 4.79 Å².